The zero-order valence-corrected chi connectivity index (χ0v) is 18.6. The highest BCUT2D eigenvalue weighted by Gasteiger charge is 2.39. The SMILES string of the molecule is Cc1nc(C2(NC(=O)C=Cc3ccccc3OCc3csc(C)n3)CCCCC2)no1. The normalized spacial score (nSPS) is 15.8. The number of benzene rings is 1. The second-order valence-corrected chi connectivity index (χ2v) is 8.85. The smallest absolute Gasteiger partial charge is 0.244 e. The zero-order valence-electron chi connectivity index (χ0n) is 17.8. The predicted molar refractivity (Wildman–Crippen MR) is 119 cm³/mol. The van der Waals surface area contributed by atoms with E-state index in [4.69, 9.17) is 9.26 Å². The van der Waals surface area contributed by atoms with Crippen LogP contribution in [0.4, 0.5) is 0 Å². The molecular weight excluding hydrogens is 412 g/mol. The van der Waals surface area contributed by atoms with Crippen LogP contribution >= 0.6 is 11.3 Å². The van der Waals surface area contributed by atoms with E-state index >= 15 is 0 Å². The molecule has 0 radical (unpaired) electrons. The van der Waals surface area contributed by atoms with Gasteiger partial charge in [-0.2, -0.15) is 4.98 Å². The molecule has 2 heterocycles. The third kappa shape index (κ3) is 5.19. The fourth-order valence-corrected chi connectivity index (χ4v) is 4.47. The molecular formula is C23H26N4O3S. The minimum Gasteiger partial charge on any atom is -0.487 e. The topological polar surface area (TPSA) is 90.1 Å². The average molecular weight is 439 g/mol. The van der Waals surface area contributed by atoms with Gasteiger partial charge < -0.3 is 14.6 Å². The number of ether oxygens (including phenoxy) is 1. The molecule has 0 bridgehead atoms. The maximum Gasteiger partial charge on any atom is 0.244 e. The molecule has 0 saturated heterocycles. The van der Waals surface area contributed by atoms with Crippen LogP contribution in [0.15, 0.2) is 40.2 Å². The van der Waals surface area contributed by atoms with E-state index < -0.39 is 5.54 Å². The van der Waals surface area contributed by atoms with Crippen molar-refractivity contribution in [2.45, 2.75) is 58.1 Å². The third-order valence-electron chi connectivity index (χ3n) is 5.40. The maximum atomic E-state index is 12.8. The molecule has 1 N–H and O–H groups in total. The highest BCUT2D eigenvalue weighted by molar-refractivity contribution is 7.09. The van der Waals surface area contributed by atoms with Gasteiger partial charge in [-0.1, -0.05) is 42.6 Å². The van der Waals surface area contributed by atoms with Crippen LogP contribution in [0.2, 0.25) is 0 Å². The number of hydrogen-bond acceptors (Lipinski definition) is 7. The summed E-state index contributed by atoms with van der Waals surface area (Å²) in [6.45, 7) is 4.12. The Labute approximate surface area is 185 Å². The fourth-order valence-electron chi connectivity index (χ4n) is 3.87. The minimum atomic E-state index is -0.573. The summed E-state index contributed by atoms with van der Waals surface area (Å²) in [4.78, 5) is 21.7. The largest absolute Gasteiger partial charge is 0.487 e. The Morgan fingerprint density at radius 1 is 1.23 bits per heavy atom. The first-order chi connectivity index (χ1) is 15.0. The Hall–Kier alpha value is -3.00. The predicted octanol–water partition coefficient (Wildman–Crippen LogP) is 4.71. The average Bonchev–Trinajstić information content (AvgIpc) is 3.40. The second kappa shape index (κ2) is 9.43. The molecule has 8 heteroatoms. The number of rotatable bonds is 7. The van der Waals surface area contributed by atoms with Crippen molar-refractivity contribution in [2.24, 2.45) is 0 Å². The minimum absolute atomic E-state index is 0.186. The summed E-state index contributed by atoms with van der Waals surface area (Å²) in [7, 11) is 0. The Morgan fingerprint density at radius 3 is 2.74 bits per heavy atom. The number of carbonyl (C=O) groups is 1. The standard InChI is InChI=1S/C23H26N4O3S/c1-16-24-22(27-30-16)23(12-6-3-7-13-23)26-21(28)11-10-18-8-4-5-9-20(18)29-14-19-15-31-17(2)25-19/h4-5,8-11,15H,3,6-7,12-14H2,1-2H3,(H,26,28). The molecule has 4 rings (SSSR count). The molecule has 3 aromatic rings. The van der Waals surface area contributed by atoms with Crippen molar-refractivity contribution in [1.82, 2.24) is 20.4 Å². The summed E-state index contributed by atoms with van der Waals surface area (Å²) in [6.07, 6.45) is 8.10. The maximum absolute atomic E-state index is 12.8. The molecule has 1 aromatic carbocycles. The van der Waals surface area contributed by atoms with Gasteiger partial charge in [-0.25, -0.2) is 4.98 Å². The van der Waals surface area contributed by atoms with E-state index in [2.05, 4.69) is 20.4 Å². The summed E-state index contributed by atoms with van der Waals surface area (Å²) in [5.41, 5.74) is 1.15. The van der Waals surface area contributed by atoms with Crippen LogP contribution in [0, 0.1) is 13.8 Å². The van der Waals surface area contributed by atoms with Crippen molar-refractivity contribution in [1.29, 1.82) is 0 Å². The summed E-state index contributed by atoms with van der Waals surface area (Å²) < 4.78 is 11.1. The molecule has 0 spiro atoms. The number of para-hydroxylation sites is 1. The molecule has 1 fully saturated rings. The quantitative estimate of drug-likeness (QED) is 0.537. The van der Waals surface area contributed by atoms with Crippen molar-refractivity contribution < 1.29 is 14.1 Å². The molecule has 162 valence electrons. The van der Waals surface area contributed by atoms with Gasteiger partial charge in [0.2, 0.25) is 11.8 Å². The van der Waals surface area contributed by atoms with Crippen LogP contribution in [-0.2, 0) is 16.9 Å². The Balaban J connectivity index is 1.46. The van der Waals surface area contributed by atoms with E-state index in [1.165, 1.54) is 0 Å². The second-order valence-electron chi connectivity index (χ2n) is 7.79. The Bertz CT molecular complexity index is 1070. The lowest BCUT2D eigenvalue weighted by Gasteiger charge is -2.34. The fraction of sp³-hybridized carbons (Fsp3) is 0.391. The number of aryl methyl sites for hydroxylation is 2. The van der Waals surface area contributed by atoms with Gasteiger partial charge in [-0.05, 0) is 31.9 Å². The monoisotopic (exact) mass is 438 g/mol. The van der Waals surface area contributed by atoms with Gasteiger partial charge >= 0.3 is 0 Å². The van der Waals surface area contributed by atoms with Crippen molar-refractivity contribution in [3.63, 3.8) is 0 Å². The molecule has 1 amide bonds. The number of nitrogens with one attached hydrogen (secondary N) is 1. The molecule has 1 aliphatic carbocycles. The van der Waals surface area contributed by atoms with Gasteiger partial charge in [-0.3, -0.25) is 4.79 Å². The third-order valence-corrected chi connectivity index (χ3v) is 6.22. The molecule has 0 aliphatic heterocycles. The highest BCUT2D eigenvalue weighted by Crippen LogP contribution is 2.35. The first-order valence-electron chi connectivity index (χ1n) is 10.5. The number of nitrogens with zero attached hydrogens (tertiary/aromatic N) is 3. The molecule has 2 aromatic heterocycles. The lowest BCUT2D eigenvalue weighted by atomic mass is 9.81. The van der Waals surface area contributed by atoms with Crippen LogP contribution in [0.3, 0.4) is 0 Å². The highest BCUT2D eigenvalue weighted by atomic mass is 32.1. The van der Waals surface area contributed by atoms with E-state index in [-0.39, 0.29) is 5.91 Å². The van der Waals surface area contributed by atoms with Crippen LogP contribution in [0.1, 0.15) is 60.1 Å². The molecule has 7 nitrogen and oxygen atoms in total. The summed E-state index contributed by atoms with van der Waals surface area (Å²) in [5.74, 6) is 1.59. The van der Waals surface area contributed by atoms with Gasteiger partial charge in [0.25, 0.3) is 0 Å². The van der Waals surface area contributed by atoms with Crippen molar-refractivity contribution in [3.8, 4) is 5.75 Å². The van der Waals surface area contributed by atoms with E-state index in [1.54, 1.807) is 30.4 Å². The number of aromatic nitrogens is 3. The summed E-state index contributed by atoms with van der Waals surface area (Å²) >= 11 is 1.60. The Morgan fingerprint density at radius 2 is 2.03 bits per heavy atom. The van der Waals surface area contributed by atoms with E-state index in [9.17, 15) is 4.79 Å². The molecule has 31 heavy (non-hydrogen) atoms. The summed E-state index contributed by atoms with van der Waals surface area (Å²) in [6, 6.07) is 7.64. The molecule has 0 unspecified atom stereocenters. The number of amides is 1. The lowest BCUT2D eigenvalue weighted by Crippen LogP contribution is -2.47. The number of carbonyl (C=O) groups excluding carboxylic acids is 1. The van der Waals surface area contributed by atoms with Crippen molar-refractivity contribution in [3.05, 3.63) is 63.7 Å². The Kier molecular flexibility index (Phi) is 6.46. The number of thiazole rings is 1. The van der Waals surface area contributed by atoms with Crippen molar-refractivity contribution >= 4 is 23.3 Å². The van der Waals surface area contributed by atoms with Gasteiger partial charge in [0.1, 0.15) is 17.9 Å². The van der Waals surface area contributed by atoms with Crippen LogP contribution < -0.4 is 10.1 Å². The zero-order chi connectivity index (χ0) is 21.7. The van der Waals surface area contributed by atoms with Gasteiger partial charge in [0, 0.05) is 23.9 Å². The molecule has 1 aliphatic rings. The van der Waals surface area contributed by atoms with Gasteiger partial charge in [-0.15, -0.1) is 11.3 Å². The number of hydrogen-bond donors (Lipinski definition) is 1. The van der Waals surface area contributed by atoms with Crippen LogP contribution in [-0.4, -0.2) is 21.0 Å². The molecule has 0 atom stereocenters. The van der Waals surface area contributed by atoms with Gasteiger partial charge in [0.05, 0.1) is 10.7 Å². The van der Waals surface area contributed by atoms with Crippen molar-refractivity contribution in [2.75, 3.05) is 0 Å². The lowest BCUT2D eigenvalue weighted by molar-refractivity contribution is -0.119. The van der Waals surface area contributed by atoms with Gasteiger partial charge in [0.15, 0.2) is 5.82 Å². The molecule has 1 saturated carbocycles. The van der Waals surface area contributed by atoms with E-state index in [0.717, 1.165) is 48.4 Å². The summed E-state index contributed by atoms with van der Waals surface area (Å²) in [5, 5.41) is 10.3. The van der Waals surface area contributed by atoms with Crippen LogP contribution in [0.5, 0.6) is 5.75 Å². The first-order valence-corrected chi connectivity index (χ1v) is 11.4. The first kappa shape index (κ1) is 21.2. The van der Waals surface area contributed by atoms with Crippen LogP contribution in [0.25, 0.3) is 6.08 Å². The van der Waals surface area contributed by atoms with E-state index in [0.29, 0.717) is 24.1 Å². The van der Waals surface area contributed by atoms with E-state index in [1.807, 2.05) is 36.6 Å².